The fourth-order valence-electron chi connectivity index (χ4n) is 3.14. The number of likely N-dealkylation sites (tertiary alicyclic amines) is 1. The van der Waals surface area contributed by atoms with E-state index < -0.39 is 0 Å². The minimum Gasteiger partial charge on any atom is -0.375 e. The molecule has 0 amide bonds. The maximum absolute atomic E-state index is 6.20. The minimum absolute atomic E-state index is 0.531. The molecule has 2 fully saturated rings. The SMILES string of the molecule is CCCN1CCC(O[C@H]2C[C@H](NC(C)C)C2)CC1. The zero-order valence-electron chi connectivity index (χ0n) is 12.3. The molecule has 106 valence electrons. The van der Waals surface area contributed by atoms with Gasteiger partial charge in [-0.2, -0.15) is 0 Å². The highest BCUT2D eigenvalue weighted by Gasteiger charge is 2.32. The van der Waals surface area contributed by atoms with Crippen LogP contribution in [0.4, 0.5) is 0 Å². The minimum atomic E-state index is 0.531. The van der Waals surface area contributed by atoms with E-state index in [0.29, 0.717) is 24.3 Å². The summed E-state index contributed by atoms with van der Waals surface area (Å²) in [5.74, 6) is 0. The predicted octanol–water partition coefficient (Wildman–Crippen LogP) is 2.41. The molecular weight excluding hydrogens is 224 g/mol. The van der Waals surface area contributed by atoms with Gasteiger partial charge in [-0.05, 0) is 38.6 Å². The summed E-state index contributed by atoms with van der Waals surface area (Å²) in [6.45, 7) is 10.4. The van der Waals surface area contributed by atoms with E-state index in [1.165, 1.54) is 51.7 Å². The molecule has 0 aromatic carbocycles. The number of rotatable bonds is 6. The van der Waals surface area contributed by atoms with E-state index in [-0.39, 0.29) is 0 Å². The van der Waals surface area contributed by atoms with Gasteiger partial charge in [-0.1, -0.05) is 20.8 Å². The summed E-state index contributed by atoms with van der Waals surface area (Å²) in [7, 11) is 0. The van der Waals surface area contributed by atoms with Gasteiger partial charge in [-0.25, -0.2) is 0 Å². The molecule has 0 aromatic heterocycles. The molecule has 3 heteroatoms. The Morgan fingerprint density at radius 3 is 2.39 bits per heavy atom. The fraction of sp³-hybridized carbons (Fsp3) is 1.00. The van der Waals surface area contributed by atoms with E-state index in [1.54, 1.807) is 0 Å². The van der Waals surface area contributed by atoms with Crippen molar-refractivity contribution >= 4 is 0 Å². The van der Waals surface area contributed by atoms with Gasteiger partial charge < -0.3 is 15.0 Å². The number of nitrogens with zero attached hydrogens (tertiary/aromatic N) is 1. The monoisotopic (exact) mass is 254 g/mol. The molecule has 1 N–H and O–H groups in total. The largest absolute Gasteiger partial charge is 0.375 e. The van der Waals surface area contributed by atoms with Crippen molar-refractivity contribution in [1.29, 1.82) is 0 Å². The summed E-state index contributed by atoms with van der Waals surface area (Å²) < 4.78 is 6.20. The Morgan fingerprint density at radius 2 is 1.83 bits per heavy atom. The van der Waals surface area contributed by atoms with Crippen LogP contribution < -0.4 is 5.32 Å². The number of hydrogen-bond donors (Lipinski definition) is 1. The Bertz CT molecular complexity index is 231. The lowest BCUT2D eigenvalue weighted by atomic mass is 9.88. The Morgan fingerprint density at radius 1 is 1.17 bits per heavy atom. The highest BCUT2D eigenvalue weighted by molar-refractivity contribution is 4.88. The lowest BCUT2D eigenvalue weighted by Crippen LogP contribution is -2.49. The summed E-state index contributed by atoms with van der Waals surface area (Å²) in [6, 6.07) is 1.31. The smallest absolute Gasteiger partial charge is 0.0608 e. The van der Waals surface area contributed by atoms with Crippen LogP contribution in [0.3, 0.4) is 0 Å². The van der Waals surface area contributed by atoms with Crippen molar-refractivity contribution in [2.24, 2.45) is 0 Å². The Hall–Kier alpha value is -0.120. The molecule has 2 aliphatic rings. The van der Waals surface area contributed by atoms with Gasteiger partial charge in [0.2, 0.25) is 0 Å². The quantitative estimate of drug-likeness (QED) is 0.788. The second-order valence-corrected chi connectivity index (χ2v) is 6.29. The predicted molar refractivity (Wildman–Crippen MR) is 75.9 cm³/mol. The maximum atomic E-state index is 6.20. The normalized spacial score (nSPS) is 30.7. The third-order valence-corrected chi connectivity index (χ3v) is 4.12. The molecule has 0 spiro atoms. The summed E-state index contributed by atoms with van der Waals surface area (Å²) in [4.78, 5) is 2.57. The topological polar surface area (TPSA) is 24.5 Å². The van der Waals surface area contributed by atoms with Crippen LogP contribution >= 0.6 is 0 Å². The third kappa shape index (κ3) is 4.22. The van der Waals surface area contributed by atoms with Crippen LogP contribution in [0, 0.1) is 0 Å². The van der Waals surface area contributed by atoms with E-state index in [2.05, 4.69) is 31.0 Å². The van der Waals surface area contributed by atoms with Gasteiger partial charge in [0.15, 0.2) is 0 Å². The van der Waals surface area contributed by atoms with Crippen LogP contribution in [0.25, 0.3) is 0 Å². The molecule has 0 atom stereocenters. The summed E-state index contributed by atoms with van der Waals surface area (Å²) in [5, 5.41) is 3.58. The first-order valence-corrected chi connectivity index (χ1v) is 7.81. The first kappa shape index (κ1) is 14.3. The summed E-state index contributed by atoms with van der Waals surface area (Å²) >= 11 is 0. The molecule has 0 bridgehead atoms. The van der Waals surface area contributed by atoms with Gasteiger partial charge in [0.05, 0.1) is 12.2 Å². The van der Waals surface area contributed by atoms with Crippen molar-refractivity contribution in [3.63, 3.8) is 0 Å². The van der Waals surface area contributed by atoms with Crippen molar-refractivity contribution in [2.75, 3.05) is 19.6 Å². The first-order chi connectivity index (χ1) is 8.67. The van der Waals surface area contributed by atoms with Gasteiger partial charge in [0, 0.05) is 25.2 Å². The molecule has 3 nitrogen and oxygen atoms in total. The molecule has 2 rings (SSSR count). The van der Waals surface area contributed by atoms with Crippen molar-refractivity contribution in [3.05, 3.63) is 0 Å². The second-order valence-electron chi connectivity index (χ2n) is 6.29. The average Bonchev–Trinajstić information content (AvgIpc) is 2.28. The summed E-state index contributed by atoms with van der Waals surface area (Å²) in [5.41, 5.74) is 0. The van der Waals surface area contributed by atoms with E-state index in [4.69, 9.17) is 4.74 Å². The third-order valence-electron chi connectivity index (χ3n) is 4.12. The van der Waals surface area contributed by atoms with Gasteiger partial charge in [0.1, 0.15) is 0 Å². The number of piperidine rings is 1. The van der Waals surface area contributed by atoms with Crippen LogP contribution in [0.15, 0.2) is 0 Å². The lowest BCUT2D eigenvalue weighted by molar-refractivity contribution is -0.0849. The van der Waals surface area contributed by atoms with Crippen molar-refractivity contribution in [1.82, 2.24) is 10.2 Å². The van der Waals surface area contributed by atoms with Crippen LogP contribution in [-0.2, 0) is 4.74 Å². The van der Waals surface area contributed by atoms with Crippen molar-refractivity contribution < 1.29 is 4.74 Å². The molecule has 0 unspecified atom stereocenters. The molecular formula is C15H30N2O. The summed E-state index contributed by atoms with van der Waals surface area (Å²) in [6.07, 6.45) is 7.24. The second kappa shape index (κ2) is 6.88. The van der Waals surface area contributed by atoms with E-state index in [0.717, 1.165) is 0 Å². The Kier molecular flexibility index (Phi) is 5.46. The molecule has 1 aliphatic carbocycles. The van der Waals surface area contributed by atoms with E-state index in [1.807, 2.05) is 0 Å². The van der Waals surface area contributed by atoms with E-state index >= 15 is 0 Å². The average molecular weight is 254 g/mol. The van der Waals surface area contributed by atoms with Gasteiger partial charge >= 0.3 is 0 Å². The highest BCUT2D eigenvalue weighted by atomic mass is 16.5. The van der Waals surface area contributed by atoms with Crippen molar-refractivity contribution in [3.8, 4) is 0 Å². The van der Waals surface area contributed by atoms with E-state index in [9.17, 15) is 0 Å². The first-order valence-electron chi connectivity index (χ1n) is 7.81. The molecule has 1 saturated heterocycles. The zero-order valence-corrected chi connectivity index (χ0v) is 12.3. The Labute approximate surface area is 112 Å². The van der Waals surface area contributed by atoms with Gasteiger partial charge in [-0.3, -0.25) is 0 Å². The maximum Gasteiger partial charge on any atom is 0.0608 e. The molecule has 1 aliphatic heterocycles. The van der Waals surface area contributed by atoms with Crippen LogP contribution in [0.2, 0.25) is 0 Å². The van der Waals surface area contributed by atoms with Crippen LogP contribution in [0.5, 0.6) is 0 Å². The van der Waals surface area contributed by atoms with Crippen LogP contribution in [0.1, 0.15) is 52.9 Å². The molecule has 0 radical (unpaired) electrons. The Balaban J connectivity index is 1.56. The van der Waals surface area contributed by atoms with Gasteiger partial charge in [0.25, 0.3) is 0 Å². The number of nitrogens with one attached hydrogen (secondary N) is 1. The molecule has 1 heterocycles. The number of hydrogen-bond acceptors (Lipinski definition) is 3. The lowest BCUT2D eigenvalue weighted by Gasteiger charge is -2.41. The number of ether oxygens (including phenoxy) is 1. The molecule has 18 heavy (non-hydrogen) atoms. The van der Waals surface area contributed by atoms with Crippen LogP contribution in [-0.4, -0.2) is 48.8 Å². The fourth-order valence-corrected chi connectivity index (χ4v) is 3.14. The molecule has 1 saturated carbocycles. The molecule has 0 aromatic rings. The van der Waals surface area contributed by atoms with Crippen molar-refractivity contribution in [2.45, 2.75) is 77.2 Å². The standard InChI is InChI=1S/C15H30N2O/c1-4-7-17-8-5-14(6-9-17)18-15-10-13(11-15)16-12(2)3/h12-16H,4-11H2,1-3H3/t13-,15-. The zero-order chi connectivity index (χ0) is 13.0. The van der Waals surface area contributed by atoms with Gasteiger partial charge in [-0.15, -0.1) is 0 Å². The highest BCUT2D eigenvalue weighted by Crippen LogP contribution is 2.27.